The Morgan fingerprint density at radius 1 is 1.09 bits per heavy atom. The summed E-state index contributed by atoms with van der Waals surface area (Å²) in [6, 6.07) is 21.0. The zero-order chi connectivity index (χ0) is 33.3. The Bertz CT molecular complexity index is 1750. The van der Waals surface area contributed by atoms with Gasteiger partial charge >= 0.3 is 270 Å². The van der Waals surface area contributed by atoms with Crippen LogP contribution in [0, 0.1) is 0 Å². The van der Waals surface area contributed by atoms with E-state index in [1.807, 2.05) is 47.8 Å². The van der Waals surface area contributed by atoms with Crippen molar-refractivity contribution in [1.29, 1.82) is 0 Å². The van der Waals surface area contributed by atoms with E-state index in [-0.39, 0.29) is 50.2 Å². The van der Waals surface area contributed by atoms with Crippen molar-refractivity contribution in [3.8, 4) is 5.75 Å². The monoisotopic (exact) mass is 683 g/mol. The van der Waals surface area contributed by atoms with Gasteiger partial charge in [0.05, 0.1) is 0 Å². The van der Waals surface area contributed by atoms with Crippen molar-refractivity contribution in [3.63, 3.8) is 0 Å². The molecule has 1 aliphatic rings. The maximum atomic E-state index is 14.4. The third kappa shape index (κ3) is 8.55. The van der Waals surface area contributed by atoms with E-state index < -0.39 is 18.1 Å². The Kier molecular flexibility index (Phi) is 11.2. The van der Waals surface area contributed by atoms with Gasteiger partial charge in [-0.25, -0.2) is 0 Å². The Balaban J connectivity index is 1.47. The molecule has 3 amide bonds. The number of aromatic nitrogens is 3. The first-order chi connectivity index (χ1) is 22.7. The van der Waals surface area contributed by atoms with Gasteiger partial charge in [-0.3, -0.25) is 4.79 Å². The summed E-state index contributed by atoms with van der Waals surface area (Å²) >= 11 is 4.74. The number of quaternary nitrogens is 1. The van der Waals surface area contributed by atoms with Crippen molar-refractivity contribution in [2.75, 3.05) is 19.6 Å². The standard InChI is InChI=1S/C33H37N9O4.Co/c1-2-15-35-18-31(45)42-28(16-23-11-13-26(43)14-12-23)33(46)40(21-30(42)37-22-36-17-24-7-4-3-5-8-24)19-25-9-6-10-27-32(25)38-39-41(27)20-29(34)44;/h2-14,28,30,35-37,43H,1,15-21H2,(H2,34,44);/p+1/t28-,30+;/m0./s1. The number of piperazine rings is 1. The first-order valence-electron chi connectivity index (χ1n) is 15.2. The average molecular weight is 684 g/mol. The van der Waals surface area contributed by atoms with Crippen LogP contribution >= 0.6 is 0 Å². The maximum absolute atomic E-state index is 14.4. The fourth-order valence-corrected chi connectivity index (χ4v) is 5.88. The molecule has 2 atom stereocenters. The second kappa shape index (κ2) is 15.7. The second-order valence-electron chi connectivity index (χ2n) is 11.2. The third-order valence-electron chi connectivity index (χ3n) is 7.83. The number of rotatable bonds is 15. The van der Waals surface area contributed by atoms with Crippen LogP contribution in [0.5, 0.6) is 5.75 Å². The van der Waals surface area contributed by atoms with Crippen molar-refractivity contribution in [1.82, 2.24) is 35.4 Å². The van der Waals surface area contributed by atoms with Crippen molar-refractivity contribution in [3.05, 3.63) is 102 Å². The van der Waals surface area contributed by atoms with Crippen molar-refractivity contribution < 1.29 is 40.1 Å². The summed E-state index contributed by atoms with van der Waals surface area (Å²) in [7, 11) is 0. The molecule has 247 valence electrons. The number of nitrogens with one attached hydrogen (secondary N) is 2. The summed E-state index contributed by atoms with van der Waals surface area (Å²) in [4.78, 5) is 43.1. The molecule has 4 aromatic rings. The van der Waals surface area contributed by atoms with Gasteiger partial charge in [0.2, 0.25) is 0 Å². The van der Waals surface area contributed by atoms with E-state index in [1.54, 1.807) is 46.2 Å². The summed E-state index contributed by atoms with van der Waals surface area (Å²) < 4.78 is 1.87. The number of nitrogens with zero attached hydrogens (tertiary/aromatic N) is 5. The molecule has 14 heteroatoms. The van der Waals surface area contributed by atoms with E-state index in [0.29, 0.717) is 28.8 Å². The fraction of sp³-hybridized carbons (Fsp3) is 0.273. The molecule has 7 N–H and O–H groups in total. The number of primary amides is 1. The molecule has 1 fully saturated rings. The number of carbonyl (C=O) groups excluding carboxylic acids is 3. The van der Waals surface area contributed by atoms with Gasteiger partial charge in [0.25, 0.3) is 0 Å². The Labute approximate surface area is 279 Å². The van der Waals surface area contributed by atoms with Crippen molar-refractivity contribution in [2.24, 2.45) is 5.73 Å². The number of nitrogens with two attached hydrogens (primary N) is 2. The Morgan fingerprint density at radius 2 is 1.85 bits per heavy atom. The molecular weight excluding hydrogens is 645 g/mol. The van der Waals surface area contributed by atoms with Crippen LogP contribution < -0.4 is 21.7 Å². The Hall–Kier alpha value is -4.73. The number of carbonyl (C=O) groups is 3. The molecule has 0 saturated carbocycles. The van der Waals surface area contributed by atoms with Crippen LogP contribution in [0.25, 0.3) is 11.0 Å². The van der Waals surface area contributed by atoms with E-state index in [0.717, 1.165) is 16.7 Å². The first kappa shape index (κ1) is 33.6. The molecule has 0 bridgehead atoms. The van der Waals surface area contributed by atoms with Gasteiger partial charge in [-0.05, 0) is 0 Å². The van der Waals surface area contributed by atoms with Crippen LogP contribution in [0.1, 0.15) is 16.7 Å². The van der Waals surface area contributed by atoms with Crippen LogP contribution in [0.2, 0.25) is 0 Å². The number of benzene rings is 3. The summed E-state index contributed by atoms with van der Waals surface area (Å²) in [6.07, 6.45) is 1.30. The van der Waals surface area contributed by atoms with Crippen LogP contribution in [0.3, 0.4) is 0 Å². The van der Waals surface area contributed by atoms with Gasteiger partial charge in [-0.2, -0.15) is 0 Å². The predicted octanol–water partition coefficient (Wildman–Crippen LogP) is -0.507. The van der Waals surface area contributed by atoms with Crippen LogP contribution in [0.4, 0.5) is 0 Å². The number of fused-ring (bicyclic) bond motifs is 1. The van der Waals surface area contributed by atoms with Gasteiger partial charge < -0.3 is 5.73 Å². The molecule has 1 aromatic heterocycles. The fourth-order valence-electron chi connectivity index (χ4n) is 5.62. The van der Waals surface area contributed by atoms with Crippen LogP contribution in [-0.4, -0.2) is 84.2 Å². The molecular formula is C33H38CoN9O4+. The molecule has 0 unspecified atom stereocenters. The topological polar surface area (TPSA) is 175 Å². The van der Waals surface area contributed by atoms with Gasteiger partial charge in [0, 0.05) is 0 Å². The minimum atomic E-state index is -0.866. The number of hydrogen-bond donors (Lipinski definition) is 5. The number of phenolic OH excluding ortho intramolecular Hbond substituents is 1. The number of amides is 3. The van der Waals surface area contributed by atoms with E-state index in [1.165, 1.54) is 4.68 Å². The van der Waals surface area contributed by atoms with Crippen molar-refractivity contribution in [2.45, 2.75) is 38.3 Å². The SMILES string of the molecule is C=CC[NH2+]CC(=O)N1[C@@H](N[C](=[Co])NCc2ccccc2)CN(Cc2cccc3c2nnn3CC(N)=O)C(=O)[C@@H]1Cc1ccc(O)cc1. The summed E-state index contributed by atoms with van der Waals surface area (Å²) in [5.41, 5.74) is 9.12. The molecule has 0 aliphatic carbocycles. The zero-order valence-electron chi connectivity index (χ0n) is 25.7. The van der Waals surface area contributed by atoms with E-state index in [9.17, 15) is 19.5 Å². The molecule has 1 saturated heterocycles. The van der Waals surface area contributed by atoms with E-state index >= 15 is 0 Å². The summed E-state index contributed by atoms with van der Waals surface area (Å²) in [5, 5.41) is 26.7. The molecule has 0 spiro atoms. The zero-order valence-corrected chi connectivity index (χ0v) is 26.8. The first-order valence-corrected chi connectivity index (χ1v) is 15.7. The summed E-state index contributed by atoms with van der Waals surface area (Å²) in [6.45, 7) is 5.11. The van der Waals surface area contributed by atoms with E-state index in [2.05, 4.69) is 27.5 Å². The summed E-state index contributed by atoms with van der Waals surface area (Å²) in [5.74, 6) is -0.907. The molecule has 1 aliphatic heterocycles. The van der Waals surface area contributed by atoms with Crippen molar-refractivity contribution >= 4 is 33.5 Å². The Morgan fingerprint density at radius 3 is 2.57 bits per heavy atom. The molecule has 47 heavy (non-hydrogen) atoms. The van der Waals surface area contributed by atoms with E-state index in [4.69, 9.17) is 21.0 Å². The van der Waals surface area contributed by atoms with Gasteiger partial charge in [0.15, 0.2) is 0 Å². The van der Waals surface area contributed by atoms with Gasteiger partial charge in [-0.15, -0.1) is 0 Å². The minimum absolute atomic E-state index is 0.105. The molecule has 5 rings (SSSR count). The quantitative estimate of drug-likeness (QED) is 0.0823. The van der Waals surface area contributed by atoms with Crippen LogP contribution in [0.15, 0.2) is 85.5 Å². The number of phenols is 1. The molecule has 3 aromatic carbocycles. The number of hydrogen-bond acceptors (Lipinski definition) is 8. The number of aromatic hydroxyl groups is 1. The van der Waals surface area contributed by atoms with Crippen LogP contribution in [-0.2, 0) is 55.7 Å². The molecule has 2 heterocycles. The third-order valence-corrected chi connectivity index (χ3v) is 8.17. The van der Waals surface area contributed by atoms with Gasteiger partial charge in [0.1, 0.15) is 0 Å². The predicted molar refractivity (Wildman–Crippen MR) is 172 cm³/mol. The molecule has 13 nitrogen and oxygen atoms in total. The normalized spacial score (nSPS) is 16.4. The second-order valence-corrected chi connectivity index (χ2v) is 11.7. The average Bonchev–Trinajstić information content (AvgIpc) is 3.46. The molecule has 0 radical (unpaired) electrons. The van der Waals surface area contributed by atoms with Gasteiger partial charge in [-0.1, -0.05) is 0 Å².